The summed E-state index contributed by atoms with van der Waals surface area (Å²) in [6.07, 6.45) is 1.10. The number of rotatable bonds is 2. The number of carbonyl (C=O) groups is 1. The highest BCUT2D eigenvalue weighted by atomic mass is 19.3. The second-order valence-electron chi connectivity index (χ2n) is 4.41. The molecular weight excluding hydrogens is 224 g/mol. The second-order valence-corrected chi connectivity index (χ2v) is 4.41. The Balaban J connectivity index is 2.13. The van der Waals surface area contributed by atoms with Crippen LogP contribution in [0.2, 0.25) is 0 Å². The number of benzene rings is 1. The summed E-state index contributed by atoms with van der Waals surface area (Å²) in [6, 6.07) is 7.10. The number of hydrogen-bond donors (Lipinski definition) is 0. The maximum atomic E-state index is 13.2. The van der Waals surface area contributed by atoms with Crippen LogP contribution in [0, 0.1) is 0 Å². The molecule has 1 saturated heterocycles. The van der Waals surface area contributed by atoms with Crippen LogP contribution in [0.4, 0.5) is 14.5 Å². The van der Waals surface area contributed by atoms with E-state index in [-0.39, 0.29) is 12.8 Å². The second kappa shape index (κ2) is 4.82. The summed E-state index contributed by atoms with van der Waals surface area (Å²) in [4.78, 5) is 12.6. The molecule has 1 aromatic rings. The van der Waals surface area contributed by atoms with Crippen LogP contribution in [0.1, 0.15) is 29.6 Å². The molecule has 0 saturated carbocycles. The van der Waals surface area contributed by atoms with E-state index in [1.807, 2.05) is 11.0 Å². The fourth-order valence-corrected chi connectivity index (χ4v) is 2.12. The predicted octanol–water partition coefficient (Wildman–Crippen LogP) is 3.12. The molecule has 2 nitrogen and oxygen atoms in total. The zero-order valence-electron chi connectivity index (χ0n) is 9.53. The summed E-state index contributed by atoms with van der Waals surface area (Å²) in [5.41, 5.74) is 1.44. The van der Waals surface area contributed by atoms with Crippen molar-refractivity contribution in [2.24, 2.45) is 0 Å². The predicted molar refractivity (Wildman–Crippen MR) is 62.8 cm³/mol. The van der Waals surface area contributed by atoms with E-state index in [0.29, 0.717) is 25.1 Å². The van der Waals surface area contributed by atoms with Gasteiger partial charge in [-0.05, 0) is 18.6 Å². The van der Waals surface area contributed by atoms with E-state index in [1.54, 1.807) is 18.2 Å². The molecule has 1 aliphatic heterocycles. The molecule has 0 radical (unpaired) electrons. The molecule has 0 bridgehead atoms. The first-order valence-corrected chi connectivity index (χ1v) is 5.79. The van der Waals surface area contributed by atoms with Crippen LogP contribution in [0.5, 0.6) is 0 Å². The van der Waals surface area contributed by atoms with Gasteiger partial charge in [-0.25, -0.2) is 8.78 Å². The molecule has 0 aromatic heterocycles. The Kier molecular flexibility index (Phi) is 3.41. The van der Waals surface area contributed by atoms with Crippen molar-refractivity contribution in [1.29, 1.82) is 0 Å². The lowest BCUT2D eigenvalue weighted by Gasteiger charge is -2.23. The van der Waals surface area contributed by atoms with Gasteiger partial charge in [-0.1, -0.05) is 12.1 Å². The summed E-state index contributed by atoms with van der Waals surface area (Å²) in [5.74, 6) is -2.54. The minimum atomic E-state index is -2.54. The molecule has 17 heavy (non-hydrogen) atoms. The number of nitrogens with zero attached hydrogens (tertiary/aromatic N) is 1. The Bertz CT molecular complexity index is 406. The number of hydrogen-bond acceptors (Lipinski definition) is 2. The van der Waals surface area contributed by atoms with Gasteiger partial charge in [-0.15, -0.1) is 0 Å². The van der Waals surface area contributed by atoms with E-state index in [9.17, 15) is 13.6 Å². The van der Waals surface area contributed by atoms with Crippen LogP contribution in [0.15, 0.2) is 24.3 Å². The van der Waals surface area contributed by atoms with Gasteiger partial charge in [0.15, 0.2) is 0 Å². The number of aldehydes is 1. The third-order valence-corrected chi connectivity index (χ3v) is 3.09. The first kappa shape index (κ1) is 12.0. The molecule has 0 spiro atoms. The van der Waals surface area contributed by atoms with Crippen LogP contribution in [-0.2, 0) is 0 Å². The van der Waals surface area contributed by atoms with Crippen molar-refractivity contribution in [2.45, 2.75) is 25.2 Å². The monoisotopic (exact) mass is 239 g/mol. The SMILES string of the molecule is O=Cc1cccc(N2CCCC(F)(F)CC2)c1. The standard InChI is InChI=1S/C13H15F2NO/c14-13(15)5-2-7-16(8-6-13)12-4-1-3-11(9-12)10-17/h1,3-4,9-10H,2,5-8H2. The molecule has 1 heterocycles. The van der Waals surface area contributed by atoms with Crippen molar-refractivity contribution < 1.29 is 13.6 Å². The van der Waals surface area contributed by atoms with Crippen LogP contribution in [-0.4, -0.2) is 25.3 Å². The van der Waals surface area contributed by atoms with Gasteiger partial charge >= 0.3 is 0 Å². The molecule has 1 aliphatic rings. The van der Waals surface area contributed by atoms with Crippen molar-refractivity contribution in [3.05, 3.63) is 29.8 Å². The van der Waals surface area contributed by atoms with Crippen LogP contribution >= 0.6 is 0 Å². The lowest BCUT2D eigenvalue weighted by Crippen LogP contribution is -2.25. The van der Waals surface area contributed by atoms with E-state index in [1.165, 1.54) is 0 Å². The summed E-state index contributed by atoms with van der Waals surface area (Å²) >= 11 is 0. The van der Waals surface area contributed by atoms with Gasteiger partial charge in [0.25, 0.3) is 0 Å². The van der Waals surface area contributed by atoms with Crippen molar-refractivity contribution in [1.82, 2.24) is 0 Å². The first-order valence-electron chi connectivity index (χ1n) is 5.79. The van der Waals surface area contributed by atoms with Crippen molar-refractivity contribution in [3.8, 4) is 0 Å². The molecule has 2 rings (SSSR count). The van der Waals surface area contributed by atoms with Crippen LogP contribution in [0.25, 0.3) is 0 Å². The molecular formula is C13H15F2NO. The normalized spacial score (nSPS) is 19.8. The zero-order valence-corrected chi connectivity index (χ0v) is 9.53. The molecule has 4 heteroatoms. The Morgan fingerprint density at radius 2 is 2.06 bits per heavy atom. The summed E-state index contributed by atoms with van der Waals surface area (Å²) < 4.78 is 26.4. The molecule has 0 aliphatic carbocycles. The Labute approximate surface area is 99.2 Å². The fraction of sp³-hybridized carbons (Fsp3) is 0.462. The molecule has 1 fully saturated rings. The number of halogens is 2. The minimum absolute atomic E-state index is 0.0448. The van der Waals surface area contributed by atoms with Crippen LogP contribution in [0.3, 0.4) is 0 Å². The number of carbonyl (C=O) groups excluding carboxylic acids is 1. The largest absolute Gasteiger partial charge is 0.371 e. The van der Waals surface area contributed by atoms with E-state index < -0.39 is 5.92 Å². The smallest absolute Gasteiger partial charge is 0.249 e. The first-order chi connectivity index (χ1) is 8.11. The van der Waals surface area contributed by atoms with Crippen molar-refractivity contribution in [2.75, 3.05) is 18.0 Å². The van der Waals surface area contributed by atoms with E-state index in [4.69, 9.17) is 0 Å². The van der Waals surface area contributed by atoms with Gasteiger partial charge in [0.05, 0.1) is 0 Å². The van der Waals surface area contributed by atoms with Crippen molar-refractivity contribution in [3.63, 3.8) is 0 Å². The molecule has 92 valence electrons. The molecule has 0 atom stereocenters. The Morgan fingerprint density at radius 1 is 1.24 bits per heavy atom. The van der Waals surface area contributed by atoms with E-state index in [2.05, 4.69) is 0 Å². The van der Waals surface area contributed by atoms with E-state index in [0.717, 1.165) is 12.0 Å². The van der Waals surface area contributed by atoms with Gasteiger partial charge < -0.3 is 4.90 Å². The van der Waals surface area contributed by atoms with E-state index >= 15 is 0 Å². The highest BCUT2D eigenvalue weighted by Crippen LogP contribution is 2.29. The summed E-state index contributed by atoms with van der Waals surface area (Å²) in [5, 5.41) is 0. The fourth-order valence-electron chi connectivity index (χ4n) is 2.12. The lowest BCUT2D eigenvalue weighted by atomic mass is 10.1. The average molecular weight is 239 g/mol. The van der Waals surface area contributed by atoms with Crippen molar-refractivity contribution >= 4 is 12.0 Å². The van der Waals surface area contributed by atoms with Gasteiger partial charge in [0.1, 0.15) is 6.29 Å². The number of anilines is 1. The molecule has 1 aromatic carbocycles. The maximum Gasteiger partial charge on any atom is 0.249 e. The van der Waals surface area contributed by atoms with Gasteiger partial charge in [-0.2, -0.15) is 0 Å². The zero-order chi connectivity index (χ0) is 12.3. The topological polar surface area (TPSA) is 20.3 Å². The summed E-state index contributed by atoms with van der Waals surface area (Å²) in [6.45, 7) is 0.965. The highest BCUT2D eigenvalue weighted by Gasteiger charge is 2.31. The third kappa shape index (κ3) is 3.02. The highest BCUT2D eigenvalue weighted by molar-refractivity contribution is 5.77. The lowest BCUT2D eigenvalue weighted by molar-refractivity contribution is -0.0102. The van der Waals surface area contributed by atoms with Gasteiger partial charge in [-0.3, -0.25) is 4.79 Å². The average Bonchev–Trinajstić information content (AvgIpc) is 2.50. The summed E-state index contributed by atoms with van der Waals surface area (Å²) in [7, 11) is 0. The minimum Gasteiger partial charge on any atom is -0.371 e. The molecule has 0 N–H and O–H groups in total. The Morgan fingerprint density at radius 3 is 2.82 bits per heavy atom. The van der Waals surface area contributed by atoms with Crippen LogP contribution < -0.4 is 4.90 Å². The quantitative estimate of drug-likeness (QED) is 0.739. The maximum absolute atomic E-state index is 13.2. The van der Waals surface area contributed by atoms with Gasteiger partial charge in [0, 0.05) is 37.2 Å². The molecule has 0 amide bonds. The third-order valence-electron chi connectivity index (χ3n) is 3.09. The van der Waals surface area contributed by atoms with Gasteiger partial charge in [0.2, 0.25) is 5.92 Å². The Hall–Kier alpha value is -1.45. The molecule has 0 unspecified atom stereocenters. The number of alkyl halides is 2.